The number of H-pyrrole nitrogens is 1. The molecule has 148 valence electrons. The lowest BCUT2D eigenvalue weighted by Gasteiger charge is -2.33. The zero-order valence-electron chi connectivity index (χ0n) is 12.6. The topological polar surface area (TPSA) is 131 Å². The fraction of sp³-hybridized carbons (Fsp3) is 0.667. The average Bonchev–Trinajstić information content (AvgIpc) is 2.85. The first-order chi connectivity index (χ1) is 11.7. The number of alkyl halides is 6. The van der Waals surface area contributed by atoms with Gasteiger partial charge in [0.05, 0.1) is 18.3 Å². The van der Waals surface area contributed by atoms with Crippen molar-refractivity contribution in [3.63, 3.8) is 0 Å². The van der Waals surface area contributed by atoms with E-state index in [1.165, 1.54) is 4.98 Å². The molecule has 0 spiro atoms. The molecular formula is C12H13F6N3O5. The van der Waals surface area contributed by atoms with Crippen molar-refractivity contribution in [2.45, 2.75) is 42.7 Å². The summed E-state index contributed by atoms with van der Waals surface area (Å²) in [6.07, 6.45) is -16.7. The maximum absolute atomic E-state index is 13.1. The SMILES string of the molecule is NC(c1cn(C2CC(O)C(CO)O2)c(=O)[nH]c1=O)(C(F)(F)F)C(F)(F)F. The lowest BCUT2D eigenvalue weighted by atomic mass is 9.91. The van der Waals surface area contributed by atoms with E-state index in [1.54, 1.807) is 0 Å². The zero-order valence-corrected chi connectivity index (χ0v) is 12.6. The van der Waals surface area contributed by atoms with E-state index in [9.17, 15) is 41.0 Å². The van der Waals surface area contributed by atoms with E-state index in [-0.39, 0.29) is 10.8 Å². The van der Waals surface area contributed by atoms with Gasteiger partial charge in [-0.1, -0.05) is 0 Å². The Kier molecular flexibility index (Phi) is 5.00. The number of hydrogen-bond donors (Lipinski definition) is 4. The molecule has 0 radical (unpaired) electrons. The molecule has 5 N–H and O–H groups in total. The van der Waals surface area contributed by atoms with Crippen LogP contribution in [0.2, 0.25) is 0 Å². The predicted octanol–water partition coefficient (Wildman–Crippen LogP) is -0.544. The predicted molar refractivity (Wildman–Crippen MR) is 70.9 cm³/mol. The zero-order chi connectivity index (χ0) is 20.1. The number of aromatic nitrogens is 2. The highest BCUT2D eigenvalue weighted by Crippen LogP contribution is 2.47. The third-order valence-electron chi connectivity index (χ3n) is 3.98. The van der Waals surface area contributed by atoms with Gasteiger partial charge in [-0.05, 0) is 0 Å². The van der Waals surface area contributed by atoms with Gasteiger partial charge >= 0.3 is 18.0 Å². The molecule has 0 aromatic carbocycles. The quantitative estimate of drug-likeness (QED) is 0.510. The Bertz CT molecular complexity index is 771. The second-order valence-electron chi connectivity index (χ2n) is 5.63. The summed E-state index contributed by atoms with van der Waals surface area (Å²) in [5.74, 6) is 0. The van der Waals surface area contributed by atoms with Crippen molar-refractivity contribution in [3.05, 3.63) is 32.6 Å². The number of nitrogens with one attached hydrogen (secondary N) is 1. The molecule has 1 aromatic rings. The van der Waals surface area contributed by atoms with Crippen LogP contribution in [0.3, 0.4) is 0 Å². The highest BCUT2D eigenvalue weighted by molar-refractivity contribution is 5.24. The molecule has 1 aliphatic rings. The normalized spacial score (nSPS) is 24.9. The van der Waals surface area contributed by atoms with Gasteiger partial charge in [0.15, 0.2) is 0 Å². The summed E-state index contributed by atoms with van der Waals surface area (Å²) in [7, 11) is 0. The second-order valence-corrected chi connectivity index (χ2v) is 5.63. The fourth-order valence-electron chi connectivity index (χ4n) is 2.50. The standard InChI is InChI=1S/C12H13F6N3O5/c13-11(14,15)10(19,12(16,17)18)4-2-21(9(25)20-8(4)24)7-1-5(23)6(3-22)26-7/h2,5-7,22-23H,1,3,19H2,(H,20,24,25). The summed E-state index contributed by atoms with van der Waals surface area (Å²) in [6, 6.07) is 0. The van der Waals surface area contributed by atoms with Crippen LogP contribution in [0.25, 0.3) is 0 Å². The van der Waals surface area contributed by atoms with Crippen molar-refractivity contribution in [3.8, 4) is 0 Å². The lowest BCUT2D eigenvalue weighted by molar-refractivity contribution is -0.302. The molecule has 1 saturated heterocycles. The number of nitrogens with two attached hydrogens (primary N) is 1. The van der Waals surface area contributed by atoms with E-state index < -0.39 is 66.2 Å². The molecule has 14 heteroatoms. The Morgan fingerprint density at radius 3 is 2.19 bits per heavy atom. The van der Waals surface area contributed by atoms with Crippen LogP contribution in [0.15, 0.2) is 15.8 Å². The van der Waals surface area contributed by atoms with Gasteiger partial charge in [-0.25, -0.2) is 4.79 Å². The number of aromatic amines is 1. The number of hydrogen-bond acceptors (Lipinski definition) is 6. The van der Waals surface area contributed by atoms with E-state index in [1.807, 2.05) is 0 Å². The molecule has 8 nitrogen and oxygen atoms in total. The molecule has 1 aromatic heterocycles. The summed E-state index contributed by atoms with van der Waals surface area (Å²) in [4.78, 5) is 24.8. The van der Waals surface area contributed by atoms with Gasteiger partial charge in [-0.2, -0.15) is 26.3 Å². The second kappa shape index (κ2) is 6.37. The van der Waals surface area contributed by atoms with Crippen LogP contribution < -0.4 is 17.0 Å². The number of halogens is 6. The van der Waals surface area contributed by atoms with Gasteiger partial charge < -0.3 is 20.7 Å². The number of aliphatic hydroxyl groups is 2. The van der Waals surface area contributed by atoms with Crippen LogP contribution in [-0.4, -0.2) is 50.9 Å². The van der Waals surface area contributed by atoms with Crippen LogP contribution in [0.1, 0.15) is 18.2 Å². The Balaban J connectivity index is 2.65. The molecule has 26 heavy (non-hydrogen) atoms. The number of nitrogens with zero attached hydrogens (tertiary/aromatic N) is 1. The van der Waals surface area contributed by atoms with Gasteiger partial charge in [-0.3, -0.25) is 14.3 Å². The monoisotopic (exact) mass is 393 g/mol. The lowest BCUT2D eigenvalue weighted by Crippen LogP contribution is -2.63. The van der Waals surface area contributed by atoms with E-state index in [0.717, 1.165) is 0 Å². The van der Waals surface area contributed by atoms with Crippen molar-refractivity contribution in [2.75, 3.05) is 6.61 Å². The molecule has 0 bridgehead atoms. The maximum atomic E-state index is 13.1. The first-order valence-corrected chi connectivity index (χ1v) is 6.96. The molecule has 0 aliphatic carbocycles. The summed E-state index contributed by atoms with van der Waals surface area (Å²) in [6.45, 7) is -0.714. The van der Waals surface area contributed by atoms with E-state index in [4.69, 9.17) is 9.84 Å². The minimum atomic E-state index is -6.11. The van der Waals surface area contributed by atoms with Gasteiger partial charge in [0, 0.05) is 12.6 Å². The minimum Gasteiger partial charge on any atom is -0.394 e. The highest BCUT2D eigenvalue weighted by Gasteiger charge is 2.71. The molecule has 0 amide bonds. The smallest absolute Gasteiger partial charge is 0.394 e. The fourth-order valence-corrected chi connectivity index (χ4v) is 2.50. The summed E-state index contributed by atoms with van der Waals surface area (Å²) in [5.41, 5.74) is -5.80. The molecule has 2 heterocycles. The Hall–Kier alpha value is -1.90. The van der Waals surface area contributed by atoms with E-state index in [0.29, 0.717) is 0 Å². The van der Waals surface area contributed by atoms with Crippen molar-refractivity contribution >= 4 is 0 Å². The highest BCUT2D eigenvalue weighted by atomic mass is 19.4. The van der Waals surface area contributed by atoms with Crippen LogP contribution in [-0.2, 0) is 10.3 Å². The van der Waals surface area contributed by atoms with Crippen LogP contribution in [0, 0.1) is 0 Å². The first kappa shape index (κ1) is 20.4. The number of rotatable bonds is 3. The van der Waals surface area contributed by atoms with E-state index >= 15 is 0 Å². The van der Waals surface area contributed by atoms with Crippen LogP contribution in [0.4, 0.5) is 26.3 Å². The van der Waals surface area contributed by atoms with Crippen LogP contribution in [0.5, 0.6) is 0 Å². The minimum absolute atomic E-state index is 0.000707. The van der Waals surface area contributed by atoms with Gasteiger partial charge in [0.2, 0.25) is 5.54 Å². The molecule has 0 saturated carbocycles. The summed E-state index contributed by atoms with van der Waals surface area (Å²) < 4.78 is 83.6. The molecule has 3 atom stereocenters. The first-order valence-electron chi connectivity index (χ1n) is 6.96. The molecule has 1 fully saturated rings. The largest absolute Gasteiger partial charge is 0.419 e. The summed E-state index contributed by atoms with van der Waals surface area (Å²) in [5, 5.41) is 18.6. The van der Waals surface area contributed by atoms with Gasteiger partial charge in [-0.15, -0.1) is 0 Å². The molecule has 1 aliphatic heterocycles. The molecule has 2 rings (SSSR count). The van der Waals surface area contributed by atoms with Crippen molar-refractivity contribution < 1.29 is 41.3 Å². The van der Waals surface area contributed by atoms with Crippen molar-refractivity contribution in [1.82, 2.24) is 9.55 Å². The summed E-state index contributed by atoms with van der Waals surface area (Å²) >= 11 is 0. The number of aliphatic hydroxyl groups excluding tert-OH is 2. The maximum Gasteiger partial charge on any atom is 0.419 e. The average molecular weight is 393 g/mol. The Morgan fingerprint density at radius 2 is 1.77 bits per heavy atom. The van der Waals surface area contributed by atoms with Gasteiger partial charge in [0.1, 0.15) is 12.3 Å². The van der Waals surface area contributed by atoms with Crippen molar-refractivity contribution in [2.24, 2.45) is 5.73 Å². The third kappa shape index (κ3) is 3.13. The molecule has 3 unspecified atom stereocenters. The Morgan fingerprint density at radius 1 is 1.23 bits per heavy atom. The van der Waals surface area contributed by atoms with E-state index in [2.05, 4.69) is 5.73 Å². The van der Waals surface area contributed by atoms with Gasteiger partial charge in [0.25, 0.3) is 5.56 Å². The molecular weight excluding hydrogens is 380 g/mol. The van der Waals surface area contributed by atoms with Crippen molar-refractivity contribution in [1.29, 1.82) is 0 Å². The van der Waals surface area contributed by atoms with Crippen LogP contribution >= 0.6 is 0 Å². The Labute approximate surface area is 139 Å². The number of ether oxygens (including phenoxy) is 1. The third-order valence-corrected chi connectivity index (χ3v) is 3.98.